The van der Waals surface area contributed by atoms with Crippen molar-refractivity contribution in [3.8, 4) is 0 Å². The van der Waals surface area contributed by atoms with E-state index < -0.39 is 6.04 Å². The van der Waals surface area contributed by atoms with Gasteiger partial charge in [-0.15, -0.1) is 12.4 Å². The average molecular weight is 347 g/mol. The number of likely N-dealkylation sites (tertiary alicyclic amines) is 2. The molecule has 134 valence electrons. The fourth-order valence-electron chi connectivity index (χ4n) is 3.37. The fourth-order valence-corrected chi connectivity index (χ4v) is 3.37. The maximum absolute atomic E-state index is 12.3. The smallest absolute Gasteiger partial charge is 0.244 e. The molecule has 23 heavy (non-hydrogen) atoms. The zero-order valence-electron chi connectivity index (χ0n) is 14.3. The SMILES string of the molecule is CNC1CCCN(CC(=O)NC(C)C(=O)N2CCCCC2)C1.Cl. The highest BCUT2D eigenvalue weighted by Gasteiger charge is 2.25. The largest absolute Gasteiger partial charge is 0.343 e. The van der Waals surface area contributed by atoms with Crippen molar-refractivity contribution >= 4 is 24.2 Å². The molecule has 2 amide bonds. The van der Waals surface area contributed by atoms with Crippen LogP contribution in [0.15, 0.2) is 0 Å². The van der Waals surface area contributed by atoms with Crippen molar-refractivity contribution < 1.29 is 9.59 Å². The lowest BCUT2D eigenvalue weighted by atomic mass is 10.1. The van der Waals surface area contributed by atoms with E-state index in [9.17, 15) is 9.59 Å². The van der Waals surface area contributed by atoms with Crippen LogP contribution < -0.4 is 10.6 Å². The first-order chi connectivity index (χ1) is 10.6. The van der Waals surface area contributed by atoms with E-state index in [1.54, 1.807) is 6.92 Å². The normalized spacial score (nSPS) is 23.7. The molecule has 7 heteroatoms. The number of nitrogens with zero attached hydrogens (tertiary/aromatic N) is 2. The highest BCUT2D eigenvalue weighted by molar-refractivity contribution is 5.88. The van der Waals surface area contributed by atoms with Gasteiger partial charge in [-0.05, 0) is 52.6 Å². The minimum atomic E-state index is -0.421. The van der Waals surface area contributed by atoms with Crippen LogP contribution in [0.1, 0.15) is 39.0 Å². The van der Waals surface area contributed by atoms with Crippen molar-refractivity contribution in [2.75, 3.05) is 39.8 Å². The van der Waals surface area contributed by atoms with Gasteiger partial charge in [0.05, 0.1) is 6.54 Å². The number of hydrogen-bond donors (Lipinski definition) is 2. The Morgan fingerprint density at radius 2 is 1.83 bits per heavy atom. The molecule has 0 radical (unpaired) electrons. The van der Waals surface area contributed by atoms with Gasteiger partial charge in [0.2, 0.25) is 11.8 Å². The molecule has 0 aromatic rings. The second kappa shape index (κ2) is 10.1. The standard InChI is InChI=1S/C16H30N4O2.ClH/c1-13(16(22)20-9-4-3-5-10-20)18-15(21)12-19-8-6-7-14(11-19)17-2;/h13-14,17H,3-12H2,1-2H3,(H,18,21);1H. The molecular weight excluding hydrogens is 316 g/mol. The Bertz CT molecular complexity index is 388. The number of likely N-dealkylation sites (N-methyl/N-ethyl adjacent to an activating group) is 1. The van der Waals surface area contributed by atoms with Crippen molar-refractivity contribution in [2.45, 2.75) is 51.1 Å². The Kier molecular flexibility index (Phi) is 8.87. The van der Waals surface area contributed by atoms with E-state index in [0.717, 1.165) is 45.4 Å². The summed E-state index contributed by atoms with van der Waals surface area (Å²) >= 11 is 0. The third-order valence-corrected chi connectivity index (χ3v) is 4.70. The first-order valence-corrected chi connectivity index (χ1v) is 8.58. The quantitative estimate of drug-likeness (QED) is 0.765. The molecule has 0 saturated carbocycles. The second-order valence-electron chi connectivity index (χ2n) is 6.54. The van der Waals surface area contributed by atoms with Crippen LogP contribution in [-0.4, -0.2) is 73.5 Å². The van der Waals surface area contributed by atoms with E-state index in [-0.39, 0.29) is 24.2 Å². The molecule has 2 unspecified atom stereocenters. The summed E-state index contributed by atoms with van der Waals surface area (Å²) in [6, 6.07) is 0.0458. The Balaban J connectivity index is 0.00000264. The molecule has 0 aromatic heterocycles. The summed E-state index contributed by atoms with van der Waals surface area (Å²) in [6.07, 6.45) is 5.63. The number of hydrogen-bond acceptors (Lipinski definition) is 4. The minimum Gasteiger partial charge on any atom is -0.343 e. The number of halogens is 1. The molecule has 2 aliphatic rings. The molecule has 2 saturated heterocycles. The summed E-state index contributed by atoms with van der Waals surface area (Å²) in [5.41, 5.74) is 0. The topological polar surface area (TPSA) is 64.7 Å². The van der Waals surface area contributed by atoms with Crippen molar-refractivity contribution in [3.05, 3.63) is 0 Å². The molecule has 0 aromatic carbocycles. The van der Waals surface area contributed by atoms with Crippen molar-refractivity contribution in [1.82, 2.24) is 20.4 Å². The van der Waals surface area contributed by atoms with Crippen molar-refractivity contribution in [3.63, 3.8) is 0 Å². The number of piperidine rings is 2. The van der Waals surface area contributed by atoms with E-state index in [1.807, 2.05) is 11.9 Å². The number of carbonyl (C=O) groups excluding carboxylic acids is 2. The molecule has 2 atom stereocenters. The molecule has 2 heterocycles. The molecule has 2 aliphatic heterocycles. The molecule has 2 fully saturated rings. The highest BCUT2D eigenvalue weighted by Crippen LogP contribution is 2.11. The van der Waals surface area contributed by atoms with Gasteiger partial charge in [0.25, 0.3) is 0 Å². The molecule has 0 aliphatic carbocycles. The number of carbonyl (C=O) groups is 2. The minimum absolute atomic E-state index is 0. The van der Waals surface area contributed by atoms with Crippen LogP contribution in [-0.2, 0) is 9.59 Å². The first kappa shape index (κ1) is 20.2. The van der Waals surface area contributed by atoms with E-state index >= 15 is 0 Å². The highest BCUT2D eigenvalue weighted by atomic mass is 35.5. The summed E-state index contributed by atoms with van der Waals surface area (Å²) in [5.74, 6) is 0.00871. The summed E-state index contributed by atoms with van der Waals surface area (Å²) in [6.45, 7) is 5.69. The predicted molar refractivity (Wildman–Crippen MR) is 93.8 cm³/mol. The lowest BCUT2D eigenvalue weighted by molar-refractivity contribution is -0.137. The predicted octanol–water partition coefficient (Wildman–Crippen LogP) is 0.609. The molecule has 6 nitrogen and oxygen atoms in total. The van der Waals surface area contributed by atoms with Crippen molar-refractivity contribution in [2.24, 2.45) is 0 Å². The fraction of sp³-hybridized carbons (Fsp3) is 0.875. The van der Waals surface area contributed by atoms with Gasteiger partial charge < -0.3 is 15.5 Å². The lowest BCUT2D eigenvalue weighted by Crippen LogP contribution is -2.52. The third-order valence-electron chi connectivity index (χ3n) is 4.70. The van der Waals surface area contributed by atoms with Crippen LogP contribution in [0.3, 0.4) is 0 Å². The monoisotopic (exact) mass is 346 g/mol. The van der Waals surface area contributed by atoms with Crippen LogP contribution in [0.25, 0.3) is 0 Å². The van der Waals surface area contributed by atoms with Gasteiger partial charge in [-0.1, -0.05) is 0 Å². The van der Waals surface area contributed by atoms with Gasteiger partial charge >= 0.3 is 0 Å². The summed E-state index contributed by atoms with van der Waals surface area (Å²) in [7, 11) is 1.97. The van der Waals surface area contributed by atoms with Gasteiger partial charge in [-0.2, -0.15) is 0 Å². The van der Waals surface area contributed by atoms with Gasteiger partial charge in [0.15, 0.2) is 0 Å². The zero-order chi connectivity index (χ0) is 15.9. The van der Waals surface area contributed by atoms with Gasteiger partial charge in [0, 0.05) is 25.7 Å². The third kappa shape index (κ3) is 6.28. The Morgan fingerprint density at radius 3 is 2.48 bits per heavy atom. The van der Waals surface area contributed by atoms with Gasteiger partial charge in [-0.25, -0.2) is 0 Å². The number of amides is 2. The summed E-state index contributed by atoms with van der Waals surface area (Å²) in [5, 5.41) is 6.14. The molecular formula is C16H31ClN4O2. The van der Waals surface area contributed by atoms with Crippen LogP contribution in [0.4, 0.5) is 0 Å². The maximum Gasteiger partial charge on any atom is 0.244 e. The lowest BCUT2D eigenvalue weighted by Gasteiger charge is -2.33. The van der Waals surface area contributed by atoms with Crippen LogP contribution in [0.5, 0.6) is 0 Å². The molecule has 0 spiro atoms. The molecule has 2 N–H and O–H groups in total. The number of rotatable bonds is 5. The zero-order valence-corrected chi connectivity index (χ0v) is 15.2. The number of nitrogens with one attached hydrogen (secondary N) is 2. The average Bonchev–Trinajstić information content (AvgIpc) is 2.55. The molecule has 2 rings (SSSR count). The second-order valence-corrected chi connectivity index (χ2v) is 6.54. The van der Waals surface area contributed by atoms with Gasteiger partial charge in [-0.3, -0.25) is 14.5 Å². The Labute approximate surface area is 145 Å². The molecule has 0 bridgehead atoms. The van der Waals surface area contributed by atoms with E-state index in [2.05, 4.69) is 15.5 Å². The van der Waals surface area contributed by atoms with Crippen LogP contribution in [0.2, 0.25) is 0 Å². The Hall–Kier alpha value is -0.850. The summed E-state index contributed by atoms with van der Waals surface area (Å²) in [4.78, 5) is 28.5. The van der Waals surface area contributed by atoms with Gasteiger partial charge in [0.1, 0.15) is 6.04 Å². The summed E-state index contributed by atoms with van der Waals surface area (Å²) < 4.78 is 0. The maximum atomic E-state index is 12.3. The first-order valence-electron chi connectivity index (χ1n) is 8.58. The van der Waals surface area contributed by atoms with Crippen LogP contribution in [0, 0.1) is 0 Å². The van der Waals surface area contributed by atoms with Crippen LogP contribution >= 0.6 is 12.4 Å². The van der Waals surface area contributed by atoms with E-state index in [4.69, 9.17) is 0 Å². The van der Waals surface area contributed by atoms with E-state index in [1.165, 1.54) is 12.8 Å². The van der Waals surface area contributed by atoms with E-state index in [0.29, 0.717) is 12.6 Å². The van der Waals surface area contributed by atoms with Crippen molar-refractivity contribution in [1.29, 1.82) is 0 Å². The Morgan fingerprint density at radius 1 is 1.13 bits per heavy atom.